The van der Waals surface area contributed by atoms with Crippen molar-refractivity contribution in [2.24, 2.45) is 5.92 Å². The fourth-order valence-corrected chi connectivity index (χ4v) is 4.21. The van der Waals surface area contributed by atoms with Crippen molar-refractivity contribution in [3.05, 3.63) is 21.9 Å². The Morgan fingerprint density at radius 1 is 1.50 bits per heavy atom. The Bertz CT molecular complexity index is 516. The van der Waals surface area contributed by atoms with E-state index in [9.17, 15) is 9.59 Å². The molecule has 0 aromatic carbocycles. The van der Waals surface area contributed by atoms with Gasteiger partial charge >= 0.3 is 0 Å². The van der Waals surface area contributed by atoms with Gasteiger partial charge < -0.3 is 10.2 Å². The molecule has 0 bridgehead atoms. The molecule has 4 nitrogen and oxygen atoms in total. The molecule has 1 fully saturated rings. The van der Waals surface area contributed by atoms with Crippen molar-refractivity contribution in [3.8, 4) is 0 Å². The maximum Gasteiger partial charge on any atom is 0.228 e. The van der Waals surface area contributed by atoms with Crippen molar-refractivity contribution < 1.29 is 9.59 Å². The number of hydrogen-bond donors (Lipinski definition) is 1. The fraction of sp³-hybridized carbons (Fsp3) is 0.600. The number of fused-ring (bicyclic) bond motifs is 1. The molecule has 2 aliphatic rings. The van der Waals surface area contributed by atoms with Crippen LogP contribution in [0.2, 0.25) is 0 Å². The molecule has 3 rings (SSSR count). The van der Waals surface area contributed by atoms with Crippen molar-refractivity contribution in [2.75, 3.05) is 13.1 Å². The van der Waals surface area contributed by atoms with E-state index in [2.05, 4.69) is 23.7 Å². The molecular weight excluding hydrogens is 272 g/mol. The van der Waals surface area contributed by atoms with Gasteiger partial charge in [0.15, 0.2) is 0 Å². The number of amides is 2. The highest BCUT2D eigenvalue weighted by Gasteiger charge is 2.35. The molecule has 0 radical (unpaired) electrons. The molecule has 0 saturated carbocycles. The number of nitrogens with zero attached hydrogens (tertiary/aromatic N) is 1. The zero-order valence-corrected chi connectivity index (χ0v) is 12.5. The number of carbonyl (C=O) groups excluding carboxylic acids is 2. The first kappa shape index (κ1) is 13.6. The van der Waals surface area contributed by atoms with E-state index < -0.39 is 0 Å². The van der Waals surface area contributed by atoms with E-state index in [1.807, 2.05) is 4.90 Å². The van der Waals surface area contributed by atoms with Gasteiger partial charge in [0.1, 0.15) is 0 Å². The molecular formula is C15H20N2O2S. The SMILES string of the molecule is CC[C@@H]1c2ccsc2CCN1C(=O)[C@@H]1CCC(=O)NC1. The van der Waals surface area contributed by atoms with Gasteiger partial charge in [0.2, 0.25) is 11.8 Å². The summed E-state index contributed by atoms with van der Waals surface area (Å²) < 4.78 is 0. The Balaban J connectivity index is 1.76. The van der Waals surface area contributed by atoms with Gasteiger partial charge in [-0.3, -0.25) is 9.59 Å². The van der Waals surface area contributed by atoms with Crippen LogP contribution in [0.15, 0.2) is 11.4 Å². The van der Waals surface area contributed by atoms with Gasteiger partial charge in [-0.25, -0.2) is 0 Å². The van der Waals surface area contributed by atoms with Crippen LogP contribution in [0.25, 0.3) is 0 Å². The fourth-order valence-electron chi connectivity index (χ4n) is 3.28. The number of thiophene rings is 1. The molecule has 0 aliphatic carbocycles. The van der Waals surface area contributed by atoms with Gasteiger partial charge in [-0.1, -0.05) is 6.92 Å². The van der Waals surface area contributed by atoms with Crippen molar-refractivity contribution in [2.45, 2.75) is 38.6 Å². The van der Waals surface area contributed by atoms with Crippen LogP contribution in [0, 0.1) is 5.92 Å². The Morgan fingerprint density at radius 3 is 3.05 bits per heavy atom. The van der Waals surface area contributed by atoms with E-state index in [-0.39, 0.29) is 23.8 Å². The first-order valence-electron chi connectivity index (χ1n) is 7.34. The average molecular weight is 292 g/mol. The highest BCUT2D eigenvalue weighted by Crippen LogP contribution is 2.36. The van der Waals surface area contributed by atoms with Crippen LogP contribution in [0.5, 0.6) is 0 Å². The smallest absolute Gasteiger partial charge is 0.228 e. The van der Waals surface area contributed by atoms with E-state index in [0.717, 1.165) is 19.4 Å². The predicted molar refractivity (Wildman–Crippen MR) is 78.5 cm³/mol. The Hall–Kier alpha value is -1.36. The van der Waals surface area contributed by atoms with Crippen molar-refractivity contribution >= 4 is 23.2 Å². The number of piperidine rings is 1. The van der Waals surface area contributed by atoms with Crippen LogP contribution in [-0.2, 0) is 16.0 Å². The minimum absolute atomic E-state index is 0.0399. The summed E-state index contributed by atoms with van der Waals surface area (Å²) in [5, 5.41) is 4.94. The zero-order valence-electron chi connectivity index (χ0n) is 11.7. The summed E-state index contributed by atoms with van der Waals surface area (Å²) in [5.41, 5.74) is 1.33. The van der Waals surface area contributed by atoms with Crippen LogP contribution in [0.3, 0.4) is 0 Å². The number of hydrogen-bond acceptors (Lipinski definition) is 3. The maximum atomic E-state index is 12.7. The Labute approximate surface area is 123 Å². The molecule has 2 atom stereocenters. The van der Waals surface area contributed by atoms with Crippen molar-refractivity contribution in [3.63, 3.8) is 0 Å². The predicted octanol–water partition coefficient (Wildman–Crippen LogP) is 2.11. The van der Waals surface area contributed by atoms with Crippen LogP contribution in [0.4, 0.5) is 0 Å². The largest absolute Gasteiger partial charge is 0.355 e. The summed E-state index contributed by atoms with van der Waals surface area (Å²) in [6.07, 6.45) is 3.09. The molecule has 1 N–H and O–H groups in total. The quantitative estimate of drug-likeness (QED) is 0.907. The van der Waals surface area contributed by atoms with Gasteiger partial charge in [0, 0.05) is 24.4 Å². The monoisotopic (exact) mass is 292 g/mol. The number of nitrogens with one attached hydrogen (secondary N) is 1. The summed E-state index contributed by atoms with van der Waals surface area (Å²) in [4.78, 5) is 27.4. The van der Waals surface area contributed by atoms with Crippen LogP contribution in [0.1, 0.15) is 42.7 Å². The number of carbonyl (C=O) groups is 2. The lowest BCUT2D eigenvalue weighted by Gasteiger charge is -2.38. The molecule has 5 heteroatoms. The highest BCUT2D eigenvalue weighted by molar-refractivity contribution is 7.10. The lowest BCUT2D eigenvalue weighted by Crippen LogP contribution is -2.47. The third kappa shape index (κ3) is 2.35. The lowest BCUT2D eigenvalue weighted by molar-refractivity contribution is -0.140. The molecule has 108 valence electrons. The summed E-state index contributed by atoms with van der Waals surface area (Å²) in [6, 6.07) is 2.38. The summed E-state index contributed by atoms with van der Waals surface area (Å²) in [7, 11) is 0. The van der Waals surface area contributed by atoms with Crippen molar-refractivity contribution in [1.29, 1.82) is 0 Å². The molecule has 1 saturated heterocycles. The highest BCUT2D eigenvalue weighted by atomic mass is 32.1. The molecule has 2 amide bonds. The molecule has 1 aromatic rings. The molecule has 3 heterocycles. The van der Waals surface area contributed by atoms with E-state index in [4.69, 9.17) is 0 Å². The molecule has 0 unspecified atom stereocenters. The van der Waals surface area contributed by atoms with Crippen LogP contribution in [-0.4, -0.2) is 29.8 Å². The lowest BCUT2D eigenvalue weighted by atomic mass is 9.92. The minimum atomic E-state index is -0.0399. The first-order chi connectivity index (χ1) is 9.70. The Kier molecular flexibility index (Phi) is 3.78. The number of rotatable bonds is 2. The third-order valence-corrected chi connectivity index (χ3v) is 5.38. The molecule has 0 spiro atoms. The normalized spacial score (nSPS) is 26.1. The van der Waals surface area contributed by atoms with E-state index in [1.54, 1.807) is 11.3 Å². The minimum Gasteiger partial charge on any atom is -0.355 e. The molecule has 2 aliphatic heterocycles. The molecule has 1 aromatic heterocycles. The summed E-state index contributed by atoms with van der Waals surface area (Å²) in [5.74, 6) is 0.246. The van der Waals surface area contributed by atoms with Crippen LogP contribution < -0.4 is 5.32 Å². The maximum absolute atomic E-state index is 12.7. The Morgan fingerprint density at radius 2 is 2.35 bits per heavy atom. The van der Waals surface area contributed by atoms with E-state index in [0.29, 0.717) is 19.4 Å². The third-order valence-electron chi connectivity index (χ3n) is 4.38. The summed E-state index contributed by atoms with van der Waals surface area (Å²) in [6.45, 7) is 3.46. The van der Waals surface area contributed by atoms with Crippen molar-refractivity contribution in [1.82, 2.24) is 10.2 Å². The van der Waals surface area contributed by atoms with Gasteiger partial charge in [0.25, 0.3) is 0 Å². The van der Waals surface area contributed by atoms with E-state index in [1.165, 1.54) is 10.4 Å². The second-order valence-electron chi connectivity index (χ2n) is 5.54. The van der Waals surface area contributed by atoms with Gasteiger partial charge in [-0.15, -0.1) is 11.3 Å². The van der Waals surface area contributed by atoms with Gasteiger partial charge in [0.05, 0.1) is 12.0 Å². The van der Waals surface area contributed by atoms with E-state index >= 15 is 0 Å². The average Bonchev–Trinajstić information content (AvgIpc) is 2.94. The van der Waals surface area contributed by atoms with Gasteiger partial charge in [-0.05, 0) is 36.3 Å². The standard InChI is InChI=1S/C15H20N2O2S/c1-2-12-11-6-8-20-13(11)5-7-17(12)15(19)10-3-4-14(18)16-9-10/h6,8,10,12H,2-5,7,9H2,1H3,(H,16,18)/t10-,12-/m1/s1. The second-order valence-corrected chi connectivity index (χ2v) is 6.55. The topological polar surface area (TPSA) is 49.4 Å². The second kappa shape index (κ2) is 5.56. The van der Waals surface area contributed by atoms with Crippen LogP contribution >= 0.6 is 11.3 Å². The zero-order chi connectivity index (χ0) is 14.1. The first-order valence-corrected chi connectivity index (χ1v) is 8.22. The molecule has 20 heavy (non-hydrogen) atoms. The van der Waals surface area contributed by atoms with Gasteiger partial charge in [-0.2, -0.15) is 0 Å². The summed E-state index contributed by atoms with van der Waals surface area (Å²) >= 11 is 1.80.